The average molecular weight is 506 g/mol. The summed E-state index contributed by atoms with van der Waals surface area (Å²) >= 11 is 3.41. The molecule has 4 aromatic rings. The lowest BCUT2D eigenvalue weighted by molar-refractivity contribution is 0.0953. The molecule has 0 saturated heterocycles. The molecule has 1 N–H and O–H groups in total. The lowest BCUT2D eigenvalue weighted by Gasteiger charge is -2.13. The Labute approximate surface area is 202 Å². The molecule has 33 heavy (non-hydrogen) atoms. The third-order valence-corrected chi connectivity index (χ3v) is 6.09. The second kappa shape index (κ2) is 10.7. The molecule has 0 atom stereocenters. The van der Waals surface area contributed by atoms with E-state index in [9.17, 15) is 4.79 Å². The van der Waals surface area contributed by atoms with Crippen molar-refractivity contribution in [2.75, 3.05) is 13.2 Å². The summed E-state index contributed by atoms with van der Waals surface area (Å²) in [6.45, 7) is 6.01. The minimum Gasteiger partial charge on any atom is -0.491 e. The van der Waals surface area contributed by atoms with Crippen LogP contribution in [0.3, 0.4) is 0 Å². The summed E-state index contributed by atoms with van der Waals surface area (Å²) in [5.74, 6) is 1.88. The number of aromatic nitrogens is 2. The van der Waals surface area contributed by atoms with Crippen LogP contribution in [0.4, 0.5) is 0 Å². The van der Waals surface area contributed by atoms with Gasteiger partial charge in [-0.1, -0.05) is 46.3 Å². The number of aryl methyl sites for hydroxylation is 3. The summed E-state index contributed by atoms with van der Waals surface area (Å²) in [5, 5.41) is 3.00. The van der Waals surface area contributed by atoms with Gasteiger partial charge in [0.25, 0.3) is 5.91 Å². The number of rotatable bonds is 9. The quantitative estimate of drug-likeness (QED) is 0.290. The van der Waals surface area contributed by atoms with Crippen LogP contribution in [0.1, 0.15) is 33.7 Å². The van der Waals surface area contributed by atoms with E-state index in [2.05, 4.69) is 63.9 Å². The van der Waals surface area contributed by atoms with Crippen molar-refractivity contribution >= 4 is 32.9 Å². The number of ether oxygens (including phenoxy) is 1. The number of para-hydroxylation sites is 2. The molecular formula is C27H28BrN3O2. The molecule has 170 valence electrons. The fourth-order valence-corrected chi connectivity index (χ4v) is 4.25. The summed E-state index contributed by atoms with van der Waals surface area (Å²) in [4.78, 5) is 17.2. The van der Waals surface area contributed by atoms with Gasteiger partial charge in [-0.3, -0.25) is 4.79 Å². The summed E-state index contributed by atoms with van der Waals surface area (Å²) in [6.07, 6.45) is 1.58. The summed E-state index contributed by atoms with van der Waals surface area (Å²) in [7, 11) is 0. The fraction of sp³-hybridized carbons (Fsp3) is 0.259. The molecule has 0 radical (unpaired) electrons. The second-order valence-electron chi connectivity index (χ2n) is 8.16. The molecule has 4 rings (SSSR count). The van der Waals surface area contributed by atoms with Gasteiger partial charge in [0.15, 0.2) is 0 Å². The first kappa shape index (κ1) is 23.1. The normalized spacial score (nSPS) is 11.0. The van der Waals surface area contributed by atoms with Crippen LogP contribution in [0.15, 0.2) is 71.2 Å². The van der Waals surface area contributed by atoms with Gasteiger partial charge in [-0.05, 0) is 67.8 Å². The highest BCUT2D eigenvalue weighted by Gasteiger charge is 2.11. The summed E-state index contributed by atoms with van der Waals surface area (Å²) in [6, 6.07) is 21.9. The van der Waals surface area contributed by atoms with Crippen molar-refractivity contribution in [2.24, 2.45) is 0 Å². The number of amides is 1. The average Bonchev–Trinajstić information content (AvgIpc) is 3.16. The number of imidazole rings is 1. The molecule has 0 bridgehead atoms. The highest BCUT2D eigenvalue weighted by Crippen LogP contribution is 2.21. The third kappa shape index (κ3) is 5.82. The monoisotopic (exact) mass is 505 g/mol. The van der Waals surface area contributed by atoms with E-state index < -0.39 is 0 Å². The van der Waals surface area contributed by atoms with E-state index in [4.69, 9.17) is 9.72 Å². The largest absolute Gasteiger partial charge is 0.491 e. The van der Waals surface area contributed by atoms with Crippen LogP contribution in [0.5, 0.6) is 5.75 Å². The van der Waals surface area contributed by atoms with Gasteiger partial charge in [-0.15, -0.1) is 0 Å². The molecule has 0 unspecified atom stereocenters. The zero-order valence-corrected chi connectivity index (χ0v) is 20.6. The molecular weight excluding hydrogens is 478 g/mol. The Bertz CT molecular complexity index is 1270. The SMILES string of the molecule is Cc1ccc(C)c(OCCn2c(CCCNC(=O)c3cccc(Br)c3)nc3ccccc32)c1. The summed E-state index contributed by atoms with van der Waals surface area (Å²) < 4.78 is 9.23. The number of nitrogens with zero attached hydrogens (tertiary/aromatic N) is 2. The maximum atomic E-state index is 12.4. The lowest BCUT2D eigenvalue weighted by Crippen LogP contribution is -2.25. The predicted octanol–water partition coefficient (Wildman–Crippen LogP) is 5.86. The van der Waals surface area contributed by atoms with Gasteiger partial charge < -0.3 is 14.6 Å². The maximum absolute atomic E-state index is 12.4. The molecule has 5 nitrogen and oxygen atoms in total. The fourth-order valence-electron chi connectivity index (χ4n) is 3.86. The van der Waals surface area contributed by atoms with Crippen molar-refractivity contribution in [2.45, 2.75) is 33.2 Å². The lowest BCUT2D eigenvalue weighted by atomic mass is 10.1. The molecule has 0 saturated carbocycles. The molecule has 0 fully saturated rings. The van der Waals surface area contributed by atoms with E-state index in [1.165, 1.54) is 5.56 Å². The Hall–Kier alpha value is -3.12. The number of carbonyl (C=O) groups is 1. The van der Waals surface area contributed by atoms with E-state index in [-0.39, 0.29) is 5.91 Å². The topological polar surface area (TPSA) is 56.1 Å². The van der Waals surface area contributed by atoms with Crippen LogP contribution in [0, 0.1) is 13.8 Å². The predicted molar refractivity (Wildman–Crippen MR) is 136 cm³/mol. The van der Waals surface area contributed by atoms with Gasteiger partial charge in [0, 0.05) is 23.0 Å². The first-order valence-corrected chi connectivity index (χ1v) is 12.0. The number of benzene rings is 3. The minimum atomic E-state index is -0.0632. The van der Waals surface area contributed by atoms with Crippen molar-refractivity contribution in [1.29, 1.82) is 0 Å². The highest BCUT2D eigenvalue weighted by atomic mass is 79.9. The molecule has 0 aliphatic rings. The Kier molecular flexibility index (Phi) is 7.45. The van der Waals surface area contributed by atoms with Crippen molar-refractivity contribution < 1.29 is 9.53 Å². The highest BCUT2D eigenvalue weighted by molar-refractivity contribution is 9.10. The van der Waals surface area contributed by atoms with E-state index >= 15 is 0 Å². The number of fused-ring (bicyclic) bond motifs is 1. The first-order valence-electron chi connectivity index (χ1n) is 11.2. The smallest absolute Gasteiger partial charge is 0.251 e. The zero-order chi connectivity index (χ0) is 23.2. The van der Waals surface area contributed by atoms with E-state index in [1.807, 2.05) is 42.5 Å². The molecule has 0 aliphatic carbocycles. The number of carbonyl (C=O) groups excluding carboxylic acids is 1. The van der Waals surface area contributed by atoms with Gasteiger partial charge >= 0.3 is 0 Å². The van der Waals surface area contributed by atoms with E-state index in [0.29, 0.717) is 25.3 Å². The van der Waals surface area contributed by atoms with Crippen LogP contribution in [-0.4, -0.2) is 28.6 Å². The molecule has 1 amide bonds. The van der Waals surface area contributed by atoms with Crippen LogP contribution in [-0.2, 0) is 13.0 Å². The van der Waals surface area contributed by atoms with Gasteiger partial charge in [-0.2, -0.15) is 0 Å². The number of hydrogen-bond acceptors (Lipinski definition) is 3. The van der Waals surface area contributed by atoms with Gasteiger partial charge in [-0.25, -0.2) is 4.98 Å². The minimum absolute atomic E-state index is 0.0632. The Morgan fingerprint density at radius 1 is 1.06 bits per heavy atom. The van der Waals surface area contributed by atoms with E-state index in [1.54, 1.807) is 0 Å². The van der Waals surface area contributed by atoms with Gasteiger partial charge in [0.05, 0.1) is 17.6 Å². The molecule has 3 aromatic carbocycles. The Morgan fingerprint density at radius 3 is 2.76 bits per heavy atom. The molecule has 0 aliphatic heterocycles. The van der Waals surface area contributed by atoms with Crippen LogP contribution in [0.2, 0.25) is 0 Å². The second-order valence-corrected chi connectivity index (χ2v) is 9.07. The van der Waals surface area contributed by atoms with Gasteiger partial charge in [0.2, 0.25) is 0 Å². The van der Waals surface area contributed by atoms with E-state index in [0.717, 1.165) is 45.5 Å². The maximum Gasteiger partial charge on any atom is 0.251 e. The van der Waals surface area contributed by atoms with Crippen molar-refractivity contribution in [3.05, 3.63) is 93.7 Å². The Morgan fingerprint density at radius 2 is 1.91 bits per heavy atom. The van der Waals surface area contributed by atoms with Gasteiger partial charge in [0.1, 0.15) is 18.2 Å². The number of halogens is 1. The Balaban J connectivity index is 1.38. The molecule has 1 aromatic heterocycles. The summed E-state index contributed by atoms with van der Waals surface area (Å²) in [5.41, 5.74) is 5.07. The molecule has 1 heterocycles. The van der Waals surface area contributed by atoms with Crippen LogP contribution >= 0.6 is 15.9 Å². The number of hydrogen-bond donors (Lipinski definition) is 1. The molecule has 0 spiro atoms. The zero-order valence-electron chi connectivity index (χ0n) is 19.0. The first-order chi connectivity index (χ1) is 16.0. The van der Waals surface area contributed by atoms with Crippen molar-refractivity contribution in [3.8, 4) is 5.75 Å². The number of nitrogens with one attached hydrogen (secondary N) is 1. The van der Waals surface area contributed by atoms with Crippen LogP contribution < -0.4 is 10.1 Å². The standard InChI is InChI=1S/C27H28BrN3O2/c1-19-12-13-20(2)25(17-19)33-16-15-31-24-10-4-3-9-23(24)30-26(31)11-6-14-29-27(32)21-7-5-8-22(28)18-21/h3-5,7-10,12-13,17-18H,6,11,14-16H2,1-2H3,(H,29,32). The molecule has 6 heteroatoms. The van der Waals surface area contributed by atoms with Crippen molar-refractivity contribution in [3.63, 3.8) is 0 Å². The van der Waals surface area contributed by atoms with Crippen LogP contribution in [0.25, 0.3) is 11.0 Å². The third-order valence-electron chi connectivity index (χ3n) is 5.60. The van der Waals surface area contributed by atoms with Crippen molar-refractivity contribution in [1.82, 2.24) is 14.9 Å².